The Morgan fingerprint density at radius 3 is 1.29 bits per heavy atom. The van der Waals surface area contributed by atoms with E-state index in [0.717, 1.165) is 23.7 Å². The van der Waals surface area contributed by atoms with Crippen molar-refractivity contribution >= 4 is 13.9 Å². The van der Waals surface area contributed by atoms with Crippen molar-refractivity contribution in [2.45, 2.75) is 43.4 Å². The highest BCUT2D eigenvalue weighted by atomic mass is 28.3. The monoisotopic (exact) mass is 462 g/mol. The number of carbonyl (C=O) groups excluding carboxylic acids is 1. The number of rotatable bonds is 10. The first kappa shape index (κ1) is 23.9. The van der Waals surface area contributed by atoms with E-state index in [2.05, 4.69) is 105 Å². The molecule has 0 aliphatic carbocycles. The fourth-order valence-electron chi connectivity index (χ4n) is 5.93. The molecule has 0 fully saturated rings. The van der Waals surface area contributed by atoms with Gasteiger partial charge in [0.1, 0.15) is 0 Å². The van der Waals surface area contributed by atoms with Gasteiger partial charge in [0.15, 0.2) is 5.78 Å². The molecular weight excluding hydrogens is 428 g/mol. The maximum absolute atomic E-state index is 13.3. The van der Waals surface area contributed by atoms with E-state index in [1.807, 2.05) is 30.3 Å². The van der Waals surface area contributed by atoms with Gasteiger partial charge < -0.3 is 0 Å². The second-order valence-electron chi connectivity index (χ2n) is 9.12. The summed E-state index contributed by atoms with van der Waals surface area (Å²) in [6.07, 6.45) is 0.589. The average molecular weight is 463 g/mol. The quantitative estimate of drug-likeness (QED) is 0.131. The molecule has 172 valence electrons. The van der Waals surface area contributed by atoms with Crippen molar-refractivity contribution in [3.8, 4) is 0 Å². The number of carbonyl (C=O) groups is 1. The van der Waals surface area contributed by atoms with E-state index >= 15 is 0 Å². The second-order valence-corrected chi connectivity index (χ2v) is 14.3. The molecule has 4 aromatic carbocycles. The molecule has 0 amide bonds. The Hall–Kier alpha value is -3.23. The molecule has 0 spiro atoms. The molecule has 0 atom stereocenters. The van der Waals surface area contributed by atoms with Gasteiger partial charge in [-0.1, -0.05) is 147 Å². The Balaban J connectivity index is 1.94. The van der Waals surface area contributed by atoms with Crippen LogP contribution in [0.3, 0.4) is 0 Å². The van der Waals surface area contributed by atoms with Gasteiger partial charge in [-0.3, -0.25) is 4.79 Å². The summed E-state index contributed by atoms with van der Waals surface area (Å²) >= 11 is 0. The maximum atomic E-state index is 13.3. The zero-order valence-corrected chi connectivity index (χ0v) is 21.3. The first-order valence-electron chi connectivity index (χ1n) is 12.4. The molecule has 4 rings (SSSR count). The van der Waals surface area contributed by atoms with E-state index in [1.165, 1.54) is 16.7 Å². The van der Waals surface area contributed by atoms with E-state index in [0.29, 0.717) is 6.42 Å². The molecule has 0 aliphatic rings. The van der Waals surface area contributed by atoms with Crippen LogP contribution in [0.15, 0.2) is 121 Å². The van der Waals surface area contributed by atoms with Crippen molar-refractivity contribution in [3.63, 3.8) is 0 Å². The first-order valence-corrected chi connectivity index (χ1v) is 15.0. The maximum Gasteiger partial charge on any atom is 0.162 e. The molecule has 0 N–H and O–H groups in total. The van der Waals surface area contributed by atoms with Crippen LogP contribution in [0.4, 0.5) is 0 Å². The van der Waals surface area contributed by atoms with Gasteiger partial charge in [-0.15, -0.1) is 0 Å². The molecule has 0 heterocycles. The Morgan fingerprint density at radius 2 is 0.941 bits per heavy atom. The number of benzene rings is 4. The highest BCUT2D eigenvalue weighted by Gasteiger charge is 2.53. The molecule has 1 nitrogen and oxygen atoms in total. The Bertz CT molecular complexity index is 1070. The van der Waals surface area contributed by atoms with Crippen LogP contribution in [0.1, 0.15) is 47.3 Å². The van der Waals surface area contributed by atoms with Gasteiger partial charge in [-0.05, 0) is 22.7 Å². The fraction of sp³-hybridized carbons (Fsp3) is 0.219. The molecule has 4 aromatic rings. The normalized spacial score (nSPS) is 11.8. The lowest BCUT2D eigenvalue weighted by Gasteiger charge is -2.51. The average Bonchev–Trinajstić information content (AvgIpc) is 2.93. The fourth-order valence-corrected chi connectivity index (χ4v) is 11.6. The predicted octanol–water partition coefficient (Wildman–Crippen LogP) is 8.32. The Kier molecular flexibility index (Phi) is 7.59. The van der Waals surface area contributed by atoms with Gasteiger partial charge in [-0.2, -0.15) is 0 Å². The zero-order valence-electron chi connectivity index (χ0n) is 20.3. The van der Waals surface area contributed by atoms with Gasteiger partial charge in [0.05, 0.1) is 8.07 Å². The van der Waals surface area contributed by atoms with Crippen LogP contribution < -0.4 is 0 Å². The van der Waals surface area contributed by atoms with Crippen molar-refractivity contribution < 1.29 is 4.79 Å². The molecule has 0 unspecified atom stereocenters. The Labute approximate surface area is 205 Å². The summed E-state index contributed by atoms with van der Waals surface area (Å²) in [7, 11) is -2.16. The lowest BCUT2D eigenvalue weighted by atomic mass is 9.83. The third-order valence-corrected chi connectivity index (χ3v) is 14.1. The number of hydrogen-bond donors (Lipinski definition) is 0. The van der Waals surface area contributed by atoms with Crippen LogP contribution in [0.2, 0.25) is 18.1 Å². The summed E-state index contributed by atoms with van der Waals surface area (Å²) < 4.78 is 0. The highest BCUT2D eigenvalue weighted by Crippen LogP contribution is 2.51. The van der Waals surface area contributed by atoms with E-state index in [4.69, 9.17) is 0 Å². The third kappa shape index (κ3) is 4.31. The first-order chi connectivity index (χ1) is 16.7. The van der Waals surface area contributed by atoms with Gasteiger partial charge in [0, 0.05) is 17.0 Å². The summed E-state index contributed by atoms with van der Waals surface area (Å²) in [5.41, 5.74) is 4.85. The van der Waals surface area contributed by atoms with Crippen molar-refractivity contribution in [3.05, 3.63) is 144 Å². The van der Waals surface area contributed by atoms with Crippen LogP contribution in [-0.2, 0) is 5.04 Å². The standard InChI is InChI=1S/C32H34OSi/c1-3-34(4-2,26-25-31(33)27-17-9-5-10-18-27)32(28-19-11-6-12-20-28,29-21-13-7-14-22-29)30-23-15-8-16-24-30/h5-24H,3-4,25-26H2,1-2H3. The molecule has 0 radical (unpaired) electrons. The topological polar surface area (TPSA) is 17.1 Å². The third-order valence-electron chi connectivity index (χ3n) is 7.70. The van der Waals surface area contributed by atoms with Gasteiger partial charge >= 0.3 is 0 Å². The van der Waals surface area contributed by atoms with Gasteiger partial charge in [-0.25, -0.2) is 0 Å². The van der Waals surface area contributed by atoms with Crippen LogP contribution in [0.25, 0.3) is 0 Å². The van der Waals surface area contributed by atoms with Crippen molar-refractivity contribution in [2.24, 2.45) is 0 Å². The molecule has 0 aliphatic heterocycles. The number of Topliss-reactive ketones (excluding diaryl/α,β-unsaturated/α-hetero) is 1. The minimum absolute atomic E-state index is 0.239. The molecule has 0 saturated heterocycles. The minimum atomic E-state index is -2.16. The number of hydrogen-bond acceptors (Lipinski definition) is 1. The molecular formula is C32H34OSi. The van der Waals surface area contributed by atoms with Gasteiger partial charge in [0.25, 0.3) is 0 Å². The van der Waals surface area contributed by atoms with E-state index in [1.54, 1.807) is 0 Å². The van der Waals surface area contributed by atoms with Crippen LogP contribution in [-0.4, -0.2) is 13.9 Å². The van der Waals surface area contributed by atoms with Crippen molar-refractivity contribution in [1.29, 1.82) is 0 Å². The second kappa shape index (κ2) is 10.8. The molecule has 0 aromatic heterocycles. The molecule has 0 bridgehead atoms. The number of ketones is 1. The lowest BCUT2D eigenvalue weighted by molar-refractivity contribution is 0.0987. The van der Waals surface area contributed by atoms with Crippen molar-refractivity contribution in [2.75, 3.05) is 0 Å². The molecule has 0 saturated carbocycles. The highest BCUT2D eigenvalue weighted by molar-refractivity contribution is 6.84. The molecule has 2 heteroatoms. The molecule has 34 heavy (non-hydrogen) atoms. The van der Waals surface area contributed by atoms with Crippen molar-refractivity contribution in [1.82, 2.24) is 0 Å². The lowest BCUT2D eigenvalue weighted by Crippen LogP contribution is -2.57. The van der Waals surface area contributed by atoms with Gasteiger partial charge in [0.2, 0.25) is 0 Å². The van der Waals surface area contributed by atoms with E-state index in [9.17, 15) is 4.79 Å². The van der Waals surface area contributed by atoms with Crippen LogP contribution >= 0.6 is 0 Å². The van der Waals surface area contributed by atoms with Crippen LogP contribution in [0.5, 0.6) is 0 Å². The van der Waals surface area contributed by atoms with E-state index < -0.39 is 8.07 Å². The summed E-state index contributed by atoms with van der Waals surface area (Å²) in [5, 5.41) is -0.239. The predicted molar refractivity (Wildman–Crippen MR) is 146 cm³/mol. The van der Waals surface area contributed by atoms with Crippen LogP contribution in [0, 0.1) is 0 Å². The SMILES string of the molecule is CC[Si](CC)(CCC(=O)c1ccccc1)C(c1ccccc1)(c1ccccc1)c1ccccc1. The summed E-state index contributed by atoms with van der Waals surface area (Å²) in [4.78, 5) is 13.3. The zero-order chi connectivity index (χ0) is 23.9. The largest absolute Gasteiger partial charge is 0.294 e. The smallest absolute Gasteiger partial charge is 0.162 e. The van der Waals surface area contributed by atoms with E-state index in [-0.39, 0.29) is 10.8 Å². The summed E-state index contributed by atoms with van der Waals surface area (Å²) in [6.45, 7) is 4.71. The summed E-state index contributed by atoms with van der Waals surface area (Å²) in [5.74, 6) is 0.252. The minimum Gasteiger partial charge on any atom is -0.294 e. The summed E-state index contributed by atoms with van der Waals surface area (Å²) in [6, 6.07) is 46.0. The Morgan fingerprint density at radius 1 is 0.588 bits per heavy atom.